The van der Waals surface area contributed by atoms with Gasteiger partial charge in [0.25, 0.3) is 5.56 Å². The summed E-state index contributed by atoms with van der Waals surface area (Å²) < 4.78 is 6.92. The summed E-state index contributed by atoms with van der Waals surface area (Å²) in [5.41, 5.74) is 1.84. The van der Waals surface area contributed by atoms with Crippen LogP contribution in [0.2, 0.25) is 0 Å². The lowest BCUT2D eigenvalue weighted by molar-refractivity contribution is 0.407. The van der Waals surface area contributed by atoms with Crippen molar-refractivity contribution in [2.45, 2.75) is 20.4 Å². The Balaban J connectivity index is 2.50. The van der Waals surface area contributed by atoms with E-state index in [0.717, 1.165) is 17.0 Å². The molecule has 100 valence electrons. The Kier molecular flexibility index (Phi) is 3.60. The molecule has 4 heteroatoms. The highest BCUT2D eigenvalue weighted by Gasteiger charge is 2.10. The average Bonchev–Trinajstić information content (AvgIpc) is 2.41. The fourth-order valence-electron chi connectivity index (χ4n) is 2.06. The van der Waals surface area contributed by atoms with Crippen molar-refractivity contribution in [3.63, 3.8) is 0 Å². The van der Waals surface area contributed by atoms with Crippen LogP contribution in [0, 0.1) is 13.8 Å². The first kappa shape index (κ1) is 13.2. The maximum atomic E-state index is 12.2. The van der Waals surface area contributed by atoms with Gasteiger partial charge in [-0.2, -0.15) is 0 Å². The van der Waals surface area contributed by atoms with E-state index in [1.165, 1.54) is 0 Å². The topological polar surface area (TPSA) is 51.5 Å². The molecule has 0 radical (unpaired) electrons. The van der Waals surface area contributed by atoms with Crippen LogP contribution in [0.25, 0.3) is 0 Å². The van der Waals surface area contributed by atoms with Crippen LogP contribution in [-0.2, 0) is 6.54 Å². The van der Waals surface area contributed by atoms with Gasteiger partial charge in [-0.05, 0) is 26.0 Å². The van der Waals surface area contributed by atoms with Gasteiger partial charge in [0.05, 0.1) is 19.2 Å². The summed E-state index contributed by atoms with van der Waals surface area (Å²) in [6.45, 7) is 3.85. The van der Waals surface area contributed by atoms with Crippen molar-refractivity contribution in [1.29, 1.82) is 0 Å². The Labute approximate surface area is 111 Å². The Bertz CT molecular complexity index is 659. The molecular weight excluding hydrogens is 242 g/mol. The molecule has 2 rings (SSSR count). The molecule has 1 heterocycles. The minimum absolute atomic E-state index is 0.0405. The van der Waals surface area contributed by atoms with Gasteiger partial charge in [-0.25, -0.2) is 0 Å². The van der Waals surface area contributed by atoms with Crippen molar-refractivity contribution < 1.29 is 9.84 Å². The van der Waals surface area contributed by atoms with Crippen LogP contribution in [0.4, 0.5) is 0 Å². The van der Waals surface area contributed by atoms with E-state index in [1.54, 1.807) is 31.6 Å². The first-order valence-electron chi connectivity index (χ1n) is 6.06. The summed E-state index contributed by atoms with van der Waals surface area (Å²) in [5.74, 6) is 0.790. The van der Waals surface area contributed by atoms with Crippen molar-refractivity contribution in [1.82, 2.24) is 4.57 Å². The summed E-state index contributed by atoms with van der Waals surface area (Å²) in [6, 6.07) is 9.19. The largest absolute Gasteiger partial charge is 0.507 e. The van der Waals surface area contributed by atoms with Crippen LogP contribution >= 0.6 is 0 Å². The van der Waals surface area contributed by atoms with Crippen molar-refractivity contribution in [2.75, 3.05) is 7.11 Å². The molecule has 2 aromatic rings. The Hall–Kier alpha value is -2.23. The second-order valence-corrected chi connectivity index (χ2v) is 4.50. The van der Waals surface area contributed by atoms with Gasteiger partial charge < -0.3 is 14.4 Å². The highest BCUT2D eigenvalue weighted by Crippen LogP contribution is 2.20. The monoisotopic (exact) mass is 259 g/mol. The molecule has 1 N–H and O–H groups in total. The summed E-state index contributed by atoms with van der Waals surface area (Å²) in [7, 11) is 1.61. The number of aromatic hydroxyl groups is 1. The number of hydrogen-bond acceptors (Lipinski definition) is 3. The van der Waals surface area contributed by atoms with Crippen LogP contribution in [0.5, 0.6) is 11.5 Å². The molecule has 1 aromatic carbocycles. The quantitative estimate of drug-likeness (QED) is 0.919. The van der Waals surface area contributed by atoms with E-state index in [-0.39, 0.29) is 11.3 Å². The maximum absolute atomic E-state index is 12.2. The number of nitrogens with zero attached hydrogens (tertiary/aromatic N) is 1. The molecule has 0 fully saturated rings. The standard InChI is InChI=1S/C15H17NO3/c1-10-8-13(17)11(2)15(18)16(10)9-12-6-4-5-7-14(12)19-3/h4-8,17H,9H2,1-3H3. The molecule has 0 atom stereocenters. The second kappa shape index (κ2) is 5.18. The SMILES string of the molecule is COc1ccccc1Cn1c(C)cc(O)c(C)c1=O. The number of rotatable bonds is 3. The fraction of sp³-hybridized carbons (Fsp3) is 0.267. The van der Waals surface area contributed by atoms with Gasteiger partial charge in [0, 0.05) is 11.3 Å². The van der Waals surface area contributed by atoms with Gasteiger partial charge >= 0.3 is 0 Å². The van der Waals surface area contributed by atoms with Gasteiger partial charge in [0.2, 0.25) is 0 Å². The minimum atomic E-state index is -0.177. The third-order valence-electron chi connectivity index (χ3n) is 3.24. The molecule has 19 heavy (non-hydrogen) atoms. The zero-order chi connectivity index (χ0) is 14.0. The van der Waals surface area contributed by atoms with Gasteiger partial charge in [0.15, 0.2) is 0 Å². The van der Waals surface area contributed by atoms with E-state index in [0.29, 0.717) is 12.1 Å². The normalized spacial score (nSPS) is 10.5. The first-order valence-corrected chi connectivity index (χ1v) is 6.06. The van der Waals surface area contributed by atoms with E-state index in [2.05, 4.69) is 0 Å². The molecule has 0 saturated carbocycles. The molecule has 0 unspecified atom stereocenters. The van der Waals surface area contributed by atoms with Gasteiger partial charge in [-0.3, -0.25) is 4.79 Å². The van der Waals surface area contributed by atoms with E-state index >= 15 is 0 Å². The predicted molar refractivity (Wildman–Crippen MR) is 73.9 cm³/mol. The highest BCUT2D eigenvalue weighted by molar-refractivity contribution is 5.35. The van der Waals surface area contributed by atoms with E-state index < -0.39 is 0 Å². The van der Waals surface area contributed by atoms with E-state index in [1.807, 2.05) is 24.3 Å². The minimum Gasteiger partial charge on any atom is -0.507 e. The molecule has 0 aliphatic heterocycles. The lowest BCUT2D eigenvalue weighted by Gasteiger charge is -2.14. The smallest absolute Gasteiger partial charge is 0.257 e. The molecular formula is C15H17NO3. The maximum Gasteiger partial charge on any atom is 0.257 e. The molecule has 0 aliphatic rings. The fourth-order valence-corrected chi connectivity index (χ4v) is 2.06. The molecule has 4 nitrogen and oxygen atoms in total. The van der Waals surface area contributed by atoms with Crippen LogP contribution in [0.3, 0.4) is 0 Å². The zero-order valence-electron chi connectivity index (χ0n) is 11.3. The summed E-state index contributed by atoms with van der Waals surface area (Å²) in [4.78, 5) is 12.2. The number of hydrogen-bond donors (Lipinski definition) is 1. The Morgan fingerprint density at radius 3 is 2.63 bits per heavy atom. The van der Waals surface area contributed by atoms with Crippen LogP contribution in [0.1, 0.15) is 16.8 Å². The number of benzene rings is 1. The first-order chi connectivity index (χ1) is 9.04. The number of para-hydroxylation sites is 1. The number of methoxy groups -OCH3 is 1. The highest BCUT2D eigenvalue weighted by atomic mass is 16.5. The van der Waals surface area contributed by atoms with Crippen molar-refractivity contribution in [2.24, 2.45) is 0 Å². The molecule has 1 aromatic heterocycles. The van der Waals surface area contributed by atoms with Crippen molar-refractivity contribution in [3.05, 3.63) is 57.5 Å². The molecule has 0 bridgehead atoms. The van der Waals surface area contributed by atoms with E-state index in [4.69, 9.17) is 4.74 Å². The second-order valence-electron chi connectivity index (χ2n) is 4.50. The molecule has 0 saturated heterocycles. The zero-order valence-corrected chi connectivity index (χ0v) is 11.3. The Morgan fingerprint density at radius 1 is 1.26 bits per heavy atom. The number of pyridine rings is 1. The van der Waals surface area contributed by atoms with Crippen LogP contribution in [-0.4, -0.2) is 16.8 Å². The third-order valence-corrected chi connectivity index (χ3v) is 3.24. The summed E-state index contributed by atoms with van der Waals surface area (Å²) in [5, 5.41) is 9.63. The van der Waals surface area contributed by atoms with Crippen LogP contribution < -0.4 is 10.3 Å². The van der Waals surface area contributed by atoms with Crippen LogP contribution in [0.15, 0.2) is 35.1 Å². The lowest BCUT2D eigenvalue weighted by Crippen LogP contribution is -2.24. The summed E-state index contributed by atoms with van der Waals surface area (Å²) >= 11 is 0. The van der Waals surface area contributed by atoms with E-state index in [9.17, 15) is 9.90 Å². The molecule has 0 amide bonds. The Morgan fingerprint density at radius 2 is 1.95 bits per heavy atom. The molecule has 0 aliphatic carbocycles. The summed E-state index contributed by atoms with van der Waals surface area (Å²) in [6.07, 6.45) is 0. The van der Waals surface area contributed by atoms with Crippen molar-refractivity contribution in [3.8, 4) is 11.5 Å². The van der Waals surface area contributed by atoms with Gasteiger partial charge in [0.1, 0.15) is 11.5 Å². The lowest BCUT2D eigenvalue weighted by atomic mass is 10.1. The third kappa shape index (κ3) is 2.47. The number of aromatic nitrogens is 1. The number of aryl methyl sites for hydroxylation is 1. The van der Waals surface area contributed by atoms with Gasteiger partial charge in [-0.1, -0.05) is 18.2 Å². The van der Waals surface area contributed by atoms with Gasteiger partial charge in [-0.15, -0.1) is 0 Å². The number of ether oxygens (including phenoxy) is 1. The molecule has 0 spiro atoms. The van der Waals surface area contributed by atoms with Crippen molar-refractivity contribution >= 4 is 0 Å². The average molecular weight is 259 g/mol. The predicted octanol–water partition coefficient (Wildman–Crippen LogP) is 2.23.